The molecule has 0 unspecified atom stereocenters. The molecule has 0 saturated heterocycles. The first-order valence-corrected chi connectivity index (χ1v) is 15.8. The van der Waals surface area contributed by atoms with Gasteiger partial charge in [-0.15, -0.1) is 47.5 Å². The van der Waals surface area contributed by atoms with Gasteiger partial charge in [-0.05, 0) is 49.9 Å². The predicted molar refractivity (Wildman–Crippen MR) is 240 cm³/mol. The van der Waals surface area contributed by atoms with Crippen LogP contribution in [0, 0.1) is 152 Å². The number of aryl methyl sites for hydroxylation is 8. The molecule has 0 atom stereocenters. The van der Waals surface area contributed by atoms with Crippen LogP contribution in [-0.4, -0.2) is 0 Å². The van der Waals surface area contributed by atoms with Crippen molar-refractivity contribution in [3.05, 3.63) is 234 Å². The van der Waals surface area contributed by atoms with Gasteiger partial charge < -0.3 is 44.6 Å². The summed E-state index contributed by atoms with van der Waals surface area (Å²) >= 11 is 0. The molecule has 4 rings (SSSR count). The van der Waals surface area contributed by atoms with E-state index in [0.29, 0.717) is 12.8 Å². The molecular formula is C52H66Y4-6. The molecule has 4 radical (unpaired) electrons. The van der Waals surface area contributed by atoms with Crippen LogP contribution in [-0.2, 0) is 131 Å². The van der Waals surface area contributed by atoms with Crippen molar-refractivity contribution in [2.45, 2.75) is 68.2 Å². The summed E-state index contributed by atoms with van der Waals surface area (Å²) in [6.45, 7) is 33.3. The first-order valence-electron chi connectivity index (χ1n) is 15.8. The van der Waals surface area contributed by atoms with Crippen molar-refractivity contribution in [2.24, 2.45) is 0 Å². The molecule has 0 spiro atoms. The van der Waals surface area contributed by atoms with E-state index in [2.05, 4.69) is 156 Å². The van der Waals surface area contributed by atoms with Gasteiger partial charge in [0.15, 0.2) is 12.2 Å². The van der Waals surface area contributed by atoms with Crippen molar-refractivity contribution in [2.75, 3.05) is 0 Å². The number of hydrogen-bond acceptors (Lipinski definition) is 0. The van der Waals surface area contributed by atoms with E-state index in [-0.39, 0.29) is 175 Å². The van der Waals surface area contributed by atoms with E-state index in [1.807, 2.05) is 24.3 Å². The molecule has 0 amide bonds. The zero-order valence-corrected chi connectivity index (χ0v) is 48.8. The van der Waals surface area contributed by atoms with E-state index < -0.39 is 0 Å². The minimum absolute atomic E-state index is 0. The Morgan fingerprint density at radius 2 is 0.500 bits per heavy atom. The van der Waals surface area contributed by atoms with Crippen LogP contribution in [0.15, 0.2) is 48.5 Å². The Morgan fingerprint density at radius 1 is 0.339 bits per heavy atom. The molecule has 0 aliphatic heterocycles. The van der Waals surface area contributed by atoms with Crippen molar-refractivity contribution in [1.82, 2.24) is 0 Å². The van der Waals surface area contributed by atoms with Gasteiger partial charge in [0.25, 0.3) is 0 Å². The number of benzene rings is 4. The quantitative estimate of drug-likeness (QED) is 0.154. The van der Waals surface area contributed by atoms with Crippen LogP contribution in [0.4, 0.5) is 0 Å². The van der Waals surface area contributed by atoms with E-state index in [9.17, 15) is 0 Å². The van der Waals surface area contributed by atoms with Crippen LogP contribution in [0.25, 0.3) is 24.3 Å². The van der Waals surface area contributed by atoms with Crippen LogP contribution < -0.4 is 0 Å². The monoisotopic (exact) mass is 1050 g/mol. The van der Waals surface area contributed by atoms with Gasteiger partial charge in [0.2, 0.25) is 12.8 Å². The summed E-state index contributed by atoms with van der Waals surface area (Å²) in [5.41, 5.74) is 18.7. The predicted octanol–water partition coefficient (Wildman–Crippen LogP) is 14.7. The van der Waals surface area contributed by atoms with Crippen molar-refractivity contribution in [3.63, 3.8) is 0 Å². The molecule has 0 aliphatic rings. The Morgan fingerprint density at radius 3 is 0.661 bits per heavy atom. The van der Waals surface area contributed by atoms with Crippen LogP contribution >= 0.6 is 0 Å². The first kappa shape index (κ1) is 72.9. The van der Waals surface area contributed by atoms with E-state index in [0.717, 1.165) is 44.5 Å². The summed E-state index contributed by atoms with van der Waals surface area (Å²) in [4.78, 5) is 0. The fraction of sp³-hybridized carbons (Fsp3) is 0.192. The molecular weight excluding hydrogens is 980 g/mol. The summed E-state index contributed by atoms with van der Waals surface area (Å²) in [5, 5.41) is 0. The standard InChI is InChI=1S/2C23H24.6CH3.4Y/c2*1-16-12-18(3)20(5)22(14-16)10-8-7-9-11-23-15-17(2)13-19(4)21(23)6;;;;;;;;;;/h2*10-15H,5-7H2,1-4H3;6*1H3;;;;/q;;6*-1;;;;. The molecule has 0 heterocycles. The Kier molecular flexibility index (Phi) is 47.2. The summed E-state index contributed by atoms with van der Waals surface area (Å²) in [5.74, 6) is 0. The summed E-state index contributed by atoms with van der Waals surface area (Å²) in [7, 11) is 0. The topological polar surface area (TPSA) is 0 Å². The van der Waals surface area contributed by atoms with Gasteiger partial charge in [0.1, 0.15) is 12.2 Å². The van der Waals surface area contributed by atoms with Crippen LogP contribution in [0.2, 0.25) is 0 Å². The van der Waals surface area contributed by atoms with Gasteiger partial charge in [-0.25, -0.2) is 0 Å². The van der Waals surface area contributed by atoms with Gasteiger partial charge in [-0.1, -0.05) is 49.9 Å². The minimum atomic E-state index is 0. The van der Waals surface area contributed by atoms with Gasteiger partial charge in [0, 0.05) is 155 Å². The smallest absolute Gasteiger partial charge is 0.217 e. The van der Waals surface area contributed by atoms with Crippen molar-refractivity contribution >= 4 is 24.3 Å². The van der Waals surface area contributed by atoms with Crippen molar-refractivity contribution < 1.29 is 131 Å². The van der Waals surface area contributed by atoms with Gasteiger partial charge in [-0.3, -0.25) is 0 Å². The number of hydrogen-bond donors (Lipinski definition) is 0. The third-order valence-electron chi connectivity index (χ3n) is 8.05. The zero-order valence-electron chi connectivity index (χ0n) is 37.5. The zero-order chi connectivity index (χ0) is 34.0. The fourth-order valence-electron chi connectivity index (χ4n) is 5.40. The first-order chi connectivity index (χ1) is 21.8. The maximum Gasteiger partial charge on any atom is 0.217 e. The molecule has 0 aliphatic carbocycles. The largest absolute Gasteiger partial charge is 0.358 e. The van der Waals surface area contributed by atoms with Crippen molar-refractivity contribution in [3.8, 4) is 0 Å². The van der Waals surface area contributed by atoms with Crippen LogP contribution in [0.5, 0.6) is 0 Å². The number of rotatable bonds is 8. The van der Waals surface area contributed by atoms with E-state index >= 15 is 0 Å². The average molecular weight is 1050 g/mol. The summed E-state index contributed by atoms with van der Waals surface area (Å²) < 4.78 is 0. The average Bonchev–Trinajstić information content (AvgIpc) is 2.98. The maximum atomic E-state index is 4.13. The molecule has 4 heteroatoms. The van der Waals surface area contributed by atoms with Crippen LogP contribution in [0.1, 0.15) is 102 Å². The molecule has 0 bridgehead atoms. The Bertz CT molecular complexity index is 1540. The van der Waals surface area contributed by atoms with E-state index in [1.54, 1.807) is 0 Å². The maximum absolute atomic E-state index is 4.13. The molecule has 0 N–H and O–H groups in total. The SMILES string of the molecule is [CH2-]c1c(C)cc(C)cc1C=[C+]C[C+]=Cc1cc(C)cc(C)c1[CH2-].[CH2-]c1c(C)cc(C)cc1C=[C+]C[C+]=Cc1cc(C)cc(C)c1[CH2-].[CH3-].[CH3-].[CH3-].[CH3-].[CH3-].[CH3-].[Y].[Y].[Y].[Y]. The third-order valence-corrected chi connectivity index (χ3v) is 8.05. The van der Waals surface area contributed by atoms with Crippen LogP contribution in [0.3, 0.4) is 0 Å². The van der Waals surface area contributed by atoms with E-state index in [4.69, 9.17) is 0 Å². The second-order valence-electron chi connectivity index (χ2n) is 12.3. The fourth-order valence-corrected chi connectivity index (χ4v) is 5.40. The molecule has 0 aromatic heterocycles. The van der Waals surface area contributed by atoms with Gasteiger partial charge >= 0.3 is 0 Å². The molecule has 0 fully saturated rings. The minimum Gasteiger partial charge on any atom is -0.358 e. The second-order valence-corrected chi connectivity index (χ2v) is 12.3. The molecule has 292 valence electrons. The molecule has 56 heavy (non-hydrogen) atoms. The molecule has 0 nitrogen and oxygen atoms in total. The Hall–Kier alpha value is -0.624. The van der Waals surface area contributed by atoms with E-state index in [1.165, 1.54) is 44.5 Å². The normalized spacial score (nSPS) is 9.00. The Labute approximate surface area is 451 Å². The molecule has 4 aromatic rings. The Balaban J connectivity index is -0.000000116. The van der Waals surface area contributed by atoms with Crippen molar-refractivity contribution in [1.29, 1.82) is 0 Å². The summed E-state index contributed by atoms with van der Waals surface area (Å²) in [6, 6.07) is 17.2. The van der Waals surface area contributed by atoms with Gasteiger partial charge in [-0.2, -0.15) is 49.9 Å². The van der Waals surface area contributed by atoms with Gasteiger partial charge in [0.05, 0.1) is 23.3 Å². The number of allylic oxidation sites excluding steroid dienone is 4. The molecule has 0 saturated carbocycles. The second kappa shape index (κ2) is 36.2. The summed E-state index contributed by atoms with van der Waals surface area (Å²) in [6.07, 6.45) is 22.5. The third kappa shape index (κ3) is 23.2. The molecule has 4 aromatic carbocycles.